The maximum Gasteiger partial charge on any atom is 0.183 e. The fraction of sp³-hybridized carbons (Fsp3) is 0.500. The normalized spacial score (nSPS) is 17.3. The lowest BCUT2D eigenvalue weighted by Gasteiger charge is -2.23. The summed E-state index contributed by atoms with van der Waals surface area (Å²) in [5, 5.41) is 12.9. The molecule has 1 aromatic heterocycles. The van der Waals surface area contributed by atoms with Crippen LogP contribution in [0.25, 0.3) is 11.4 Å². The molecular weight excluding hydrogens is 309 g/mol. The molecule has 1 saturated carbocycles. The van der Waals surface area contributed by atoms with Crippen molar-refractivity contribution in [2.24, 2.45) is 5.41 Å². The molecule has 2 aromatic rings. The van der Waals surface area contributed by atoms with Gasteiger partial charge in [-0.3, -0.25) is 0 Å². The van der Waals surface area contributed by atoms with Crippen LogP contribution in [-0.2, 0) is 6.54 Å². The van der Waals surface area contributed by atoms with E-state index in [1.807, 2.05) is 4.68 Å². The van der Waals surface area contributed by atoms with Gasteiger partial charge in [-0.1, -0.05) is 43.0 Å². The number of nitrogens with zero attached hydrogens (tertiary/aromatic N) is 4. The first-order valence-electron chi connectivity index (χ1n) is 7.00. The second-order valence-electron chi connectivity index (χ2n) is 6.04. The molecule has 2 N–H and O–H groups in total. The molecule has 0 bridgehead atoms. The first-order chi connectivity index (χ1) is 9.98. The van der Waals surface area contributed by atoms with Crippen molar-refractivity contribution in [3.63, 3.8) is 0 Å². The zero-order valence-corrected chi connectivity index (χ0v) is 13.3. The Balaban J connectivity index is 1.99. The Morgan fingerprint density at radius 3 is 2.71 bits per heavy atom. The van der Waals surface area contributed by atoms with E-state index in [9.17, 15) is 0 Å². The van der Waals surface area contributed by atoms with Gasteiger partial charge >= 0.3 is 0 Å². The average Bonchev–Trinajstić information content (AvgIpc) is 3.04. The summed E-state index contributed by atoms with van der Waals surface area (Å²) in [5.41, 5.74) is 7.31. The molecule has 1 aliphatic carbocycles. The molecule has 112 valence electrons. The maximum absolute atomic E-state index is 6.28. The second-order valence-corrected chi connectivity index (χ2v) is 6.83. The van der Waals surface area contributed by atoms with Gasteiger partial charge in [0.15, 0.2) is 5.82 Å². The second kappa shape index (κ2) is 5.46. The lowest BCUT2D eigenvalue weighted by molar-refractivity contribution is 0.267. The number of rotatable bonds is 3. The van der Waals surface area contributed by atoms with E-state index < -0.39 is 0 Å². The third kappa shape index (κ3) is 2.85. The first kappa shape index (κ1) is 14.6. The summed E-state index contributed by atoms with van der Waals surface area (Å²) >= 11 is 12.4. The van der Waals surface area contributed by atoms with Crippen LogP contribution in [0.5, 0.6) is 0 Å². The van der Waals surface area contributed by atoms with E-state index >= 15 is 0 Å². The van der Waals surface area contributed by atoms with Gasteiger partial charge < -0.3 is 5.73 Å². The van der Waals surface area contributed by atoms with Crippen molar-refractivity contribution in [3.8, 4) is 11.4 Å². The van der Waals surface area contributed by atoms with Crippen LogP contribution < -0.4 is 5.73 Å². The van der Waals surface area contributed by atoms with Crippen molar-refractivity contribution in [2.75, 3.05) is 5.73 Å². The van der Waals surface area contributed by atoms with Gasteiger partial charge in [0.1, 0.15) is 0 Å². The summed E-state index contributed by atoms with van der Waals surface area (Å²) in [5.74, 6) is 0.613. The number of nitrogen functional groups attached to an aromatic ring is 1. The van der Waals surface area contributed by atoms with E-state index in [2.05, 4.69) is 22.4 Å². The predicted molar refractivity (Wildman–Crippen MR) is 84.3 cm³/mol. The van der Waals surface area contributed by atoms with Crippen molar-refractivity contribution < 1.29 is 0 Å². The summed E-state index contributed by atoms with van der Waals surface area (Å²) in [6, 6.07) is 3.38. The Morgan fingerprint density at radius 2 is 2.00 bits per heavy atom. The zero-order valence-electron chi connectivity index (χ0n) is 11.8. The van der Waals surface area contributed by atoms with Crippen LogP contribution in [-0.4, -0.2) is 20.2 Å². The number of hydrogen-bond acceptors (Lipinski definition) is 4. The molecule has 7 heteroatoms. The largest absolute Gasteiger partial charge is 0.399 e. The fourth-order valence-electron chi connectivity index (χ4n) is 3.03. The molecule has 1 aromatic carbocycles. The van der Waals surface area contributed by atoms with E-state index in [4.69, 9.17) is 28.9 Å². The lowest BCUT2D eigenvalue weighted by Crippen LogP contribution is -2.21. The highest BCUT2D eigenvalue weighted by molar-refractivity contribution is 6.43. The molecule has 1 heterocycles. The average molecular weight is 326 g/mol. The van der Waals surface area contributed by atoms with Crippen molar-refractivity contribution in [1.29, 1.82) is 0 Å². The van der Waals surface area contributed by atoms with Crippen molar-refractivity contribution in [3.05, 3.63) is 22.2 Å². The molecule has 3 rings (SSSR count). The first-order valence-corrected chi connectivity index (χ1v) is 7.75. The topological polar surface area (TPSA) is 69.6 Å². The molecule has 0 atom stereocenters. The van der Waals surface area contributed by atoms with Crippen molar-refractivity contribution in [1.82, 2.24) is 20.2 Å². The summed E-state index contributed by atoms with van der Waals surface area (Å²) in [7, 11) is 0. The molecule has 1 aliphatic rings. The quantitative estimate of drug-likeness (QED) is 0.871. The van der Waals surface area contributed by atoms with Crippen LogP contribution in [0.2, 0.25) is 10.0 Å². The minimum Gasteiger partial charge on any atom is -0.399 e. The van der Waals surface area contributed by atoms with Crippen molar-refractivity contribution >= 4 is 28.9 Å². The van der Waals surface area contributed by atoms with Gasteiger partial charge in [-0.2, -0.15) is 0 Å². The van der Waals surface area contributed by atoms with Gasteiger partial charge in [-0.25, -0.2) is 4.68 Å². The third-order valence-electron chi connectivity index (χ3n) is 4.17. The third-order valence-corrected chi connectivity index (χ3v) is 4.97. The Labute approximate surface area is 133 Å². The van der Waals surface area contributed by atoms with Gasteiger partial charge in [-0.05, 0) is 40.8 Å². The highest BCUT2D eigenvalue weighted by Crippen LogP contribution is 2.40. The Hall–Kier alpha value is -1.33. The molecule has 0 unspecified atom stereocenters. The summed E-state index contributed by atoms with van der Waals surface area (Å²) in [6.45, 7) is 3.05. The number of halogens is 2. The van der Waals surface area contributed by atoms with E-state index in [0.29, 0.717) is 27.1 Å². The van der Waals surface area contributed by atoms with Gasteiger partial charge in [0.05, 0.1) is 16.6 Å². The predicted octanol–water partition coefficient (Wildman–Crippen LogP) is 3.81. The Kier molecular flexibility index (Phi) is 3.80. The number of anilines is 1. The highest BCUT2D eigenvalue weighted by Gasteiger charge is 2.31. The SMILES string of the molecule is CC1(Cn2nnnc2-c2cc(N)cc(Cl)c2Cl)CCCC1. The van der Waals surface area contributed by atoms with Crippen LogP contribution in [0.15, 0.2) is 12.1 Å². The smallest absolute Gasteiger partial charge is 0.183 e. The van der Waals surface area contributed by atoms with Crippen molar-refractivity contribution in [2.45, 2.75) is 39.2 Å². The summed E-state index contributed by atoms with van der Waals surface area (Å²) in [4.78, 5) is 0. The molecule has 0 spiro atoms. The van der Waals surface area contributed by atoms with E-state index in [1.54, 1.807) is 12.1 Å². The molecule has 5 nitrogen and oxygen atoms in total. The van der Waals surface area contributed by atoms with E-state index in [1.165, 1.54) is 25.7 Å². The molecule has 0 aliphatic heterocycles. The molecule has 0 amide bonds. The zero-order chi connectivity index (χ0) is 15.0. The lowest BCUT2D eigenvalue weighted by atomic mass is 9.89. The number of aromatic nitrogens is 4. The highest BCUT2D eigenvalue weighted by atomic mass is 35.5. The van der Waals surface area contributed by atoms with Gasteiger partial charge in [0.2, 0.25) is 0 Å². The minimum absolute atomic E-state index is 0.237. The molecule has 1 fully saturated rings. The number of benzene rings is 1. The Bertz CT molecular complexity index is 661. The molecule has 0 radical (unpaired) electrons. The summed E-state index contributed by atoms with van der Waals surface area (Å²) in [6.07, 6.45) is 4.91. The molecule has 0 saturated heterocycles. The van der Waals surface area contributed by atoms with Gasteiger partial charge in [-0.15, -0.1) is 5.10 Å². The Morgan fingerprint density at radius 1 is 1.29 bits per heavy atom. The number of nitrogens with two attached hydrogens (primary N) is 1. The maximum atomic E-state index is 6.28. The fourth-order valence-corrected chi connectivity index (χ4v) is 3.45. The monoisotopic (exact) mass is 325 g/mol. The van der Waals surface area contributed by atoms with Gasteiger partial charge in [0, 0.05) is 11.3 Å². The number of tetrazole rings is 1. The van der Waals surface area contributed by atoms with Crippen LogP contribution in [0.1, 0.15) is 32.6 Å². The number of hydrogen-bond donors (Lipinski definition) is 1. The van der Waals surface area contributed by atoms with Crippen LogP contribution in [0.3, 0.4) is 0 Å². The molecular formula is C14H17Cl2N5. The summed E-state index contributed by atoms with van der Waals surface area (Å²) < 4.78 is 1.81. The van der Waals surface area contributed by atoms with Crippen LogP contribution in [0.4, 0.5) is 5.69 Å². The van der Waals surface area contributed by atoms with E-state index in [-0.39, 0.29) is 5.41 Å². The van der Waals surface area contributed by atoms with Crippen LogP contribution >= 0.6 is 23.2 Å². The van der Waals surface area contributed by atoms with Crippen LogP contribution in [0, 0.1) is 5.41 Å². The minimum atomic E-state index is 0.237. The molecule has 21 heavy (non-hydrogen) atoms. The van der Waals surface area contributed by atoms with E-state index in [0.717, 1.165) is 6.54 Å². The van der Waals surface area contributed by atoms with Gasteiger partial charge in [0.25, 0.3) is 0 Å². The standard InChI is InChI=1S/C14H17Cl2N5/c1-14(4-2-3-5-14)8-21-13(18-19-20-21)10-6-9(17)7-11(15)12(10)16/h6-7H,2-5,8,17H2,1H3.